The van der Waals surface area contributed by atoms with E-state index in [-0.39, 0.29) is 23.7 Å². The predicted molar refractivity (Wildman–Crippen MR) is 79.0 cm³/mol. The van der Waals surface area contributed by atoms with Gasteiger partial charge < -0.3 is 10.2 Å². The van der Waals surface area contributed by atoms with Gasteiger partial charge in [-0.05, 0) is 31.9 Å². The van der Waals surface area contributed by atoms with E-state index in [1.165, 1.54) is 0 Å². The molecule has 0 spiro atoms. The van der Waals surface area contributed by atoms with Gasteiger partial charge in [-0.1, -0.05) is 17.7 Å². The van der Waals surface area contributed by atoms with Gasteiger partial charge in [-0.25, -0.2) is 0 Å². The number of nitrogens with zero attached hydrogens (tertiary/aromatic N) is 1. The van der Waals surface area contributed by atoms with Gasteiger partial charge in [0.05, 0.1) is 0 Å². The number of alkyl halides is 1. The summed E-state index contributed by atoms with van der Waals surface area (Å²) in [5.41, 5.74) is 1.75. The Kier molecular flexibility index (Phi) is 5.01. The highest BCUT2D eigenvalue weighted by Gasteiger charge is 2.23. The monoisotopic (exact) mass is 294 g/mol. The largest absolute Gasteiger partial charge is 0.349 e. The number of amides is 2. The Balaban J connectivity index is 1.86. The maximum atomic E-state index is 12.1. The van der Waals surface area contributed by atoms with Gasteiger partial charge in [0.25, 0.3) is 5.91 Å². The molecule has 1 saturated heterocycles. The van der Waals surface area contributed by atoms with Crippen LogP contribution >= 0.6 is 11.6 Å². The molecule has 1 aliphatic heterocycles. The number of hydrogen-bond donors (Lipinski definition) is 1. The number of likely N-dealkylation sites (tertiary alicyclic amines) is 1. The lowest BCUT2D eigenvalue weighted by atomic mass is 10.0. The molecule has 0 radical (unpaired) electrons. The van der Waals surface area contributed by atoms with Crippen LogP contribution in [0.5, 0.6) is 0 Å². The van der Waals surface area contributed by atoms with Crippen molar-refractivity contribution in [2.24, 2.45) is 0 Å². The number of halogens is 1. The van der Waals surface area contributed by atoms with Crippen molar-refractivity contribution in [2.45, 2.75) is 25.8 Å². The molecule has 1 N–H and O–H groups in total. The van der Waals surface area contributed by atoms with Gasteiger partial charge in [0.2, 0.25) is 5.91 Å². The zero-order valence-corrected chi connectivity index (χ0v) is 12.3. The van der Waals surface area contributed by atoms with Gasteiger partial charge >= 0.3 is 0 Å². The minimum absolute atomic E-state index is 0.0281. The number of nitrogens with one attached hydrogen (secondary N) is 1. The second kappa shape index (κ2) is 6.75. The molecule has 0 unspecified atom stereocenters. The van der Waals surface area contributed by atoms with Crippen LogP contribution in [0.2, 0.25) is 0 Å². The first-order chi connectivity index (χ1) is 9.60. The predicted octanol–water partition coefficient (Wildman–Crippen LogP) is 1.95. The first-order valence-corrected chi connectivity index (χ1v) is 7.35. The average Bonchev–Trinajstić information content (AvgIpc) is 2.47. The van der Waals surface area contributed by atoms with Crippen LogP contribution in [0.1, 0.15) is 28.8 Å². The van der Waals surface area contributed by atoms with Crippen molar-refractivity contribution in [2.75, 3.05) is 19.0 Å². The summed E-state index contributed by atoms with van der Waals surface area (Å²) in [4.78, 5) is 25.3. The van der Waals surface area contributed by atoms with Gasteiger partial charge in [-0.15, -0.1) is 11.6 Å². The number of piperidine rings is 1. The number of carbonyl (C=O) groups is 2. The highest BCUT2D eigenvalue weighted by molar-refractivity contribution is 6.27. The Morgan fingerprint density at radius 3 is 2.65 bits per heavy atom. The number of benzene rings is 1. The van der Waals surface area contributed by atoms with Gasteiger partial charge in [0, 0.05) is 24.7 Å². The summed E-state index contributed by atoms with van der Waals surface area (Å²) in [5.74, 6) is -0.0497. The lowest BCUT2D eigenvalue weighted by Gasteiger charge is -2.32. The normalized spacial score (nSPS) is 16.0. The second-order valence-corrected chi connectivity index (χ2v) is 5.40. The lowest BCUT2D eigenvalue weighted by molar-refractivity contribution is -0.129. The van der Waals surface area contributed by atoms with E-state index in [0.717, 1.165) is 18.4 Å². The second-order valence-electron chi connectivity index (χ2n) is 5.13. The van der Waals surface area contributed by atoms with Gasteiger partial charge in [0.1, 0.15) is 5.88 Å². The maximum Gasteiger partial charge on any atom is 0.251 e. The molecule has 4 nitrogen and oxygen atoms in total. The molecule has 20 heavy (non-hydrogen) atoms. The molecule has 1 aromatic rings. The van der Waals surface area contributed by atoms with Gasteiger partial charge in [0.15, 0.2) is 0 Å². The van der Waals surface area contributed by atoms with Crippen LogP contribution in [0.15, 0.2) is 24.3 Å². The minimum Gasteiger partial charge on any atom is -0.349 e. The summed E-state index contributed by atoms with van der Waals surface area (Å²) in [7, 11) is 0. The van der Waals surface area contributed by atoms with E-state index >= 15 is 0 Å². The van der Waals surface area contributed by atoms with E-state index in [4.69, 9.17) is 11.6 Å². The van der Waals surface area contributed by atoms with Crippen molar-refractivity contribution in [1.82, 2.24) is 10.2 Å². The first-order valence-electron chi connectivity index (χ1n) is 6.81. The topological polar surface area (TPSA) is 49.4 Å². The van der Waals surface area contributed by atoms with E-state index in [1.54, 1.807) is 4.90 Å². The molecule has 2 rings (SSSR count). The van der Waals surface area contributed by atoms with Crippen molar-refractivity contribution in [3.63, 3.8) is 0 Å². The summed E-state index contributed by atoms with van der Waals surface area (Å²) in [6, 6.07) is 7.66. The molecule has 5 heteroatoms. The number of carbonyl (C=O) groups excluding carboxylic acids is 2. The van der Waals surface area contributed by atoms with E-state index in [2.05, 4.69) is 5.32 Å². The van der Waals surface area contributed by atoms with E-state index in [0.29, 0.717) is 18.7 Å². The van der Waals surface area contributed by atoms with Gasteiger partial charge in [-0.3, -0.25) is 9.59 Å². The standard InChI is InChI=1S/C15H19ClN2O2/c1-11-3-2-4-12(9-11)15(20)17-13-5-7-18(8-6-13)14(19)10-16/h2-4,9,13H,5-8,10H2,1H3,(H,17,20). The summed E-state index contributed by atoms with van der Waals surface area (Å²) < 4.78 is 0. The molecule has 1 aromatic carbocycles. The third-order valence-corrected chi connectivity index (χ3v) is 3.81. The fraction of sp³-hybridized carbons (Fsp3) is 0.467. The van der Waals surface area contributed by atoms with Crippen LogP contribution in [0.4, 0.5) is 0 Å². The Hall–Kier alpha value is -1.55. The van der Waals surface area contributed by atoms with Crippen molar-refractivity contribution in [3.05, 3.63) is 35.4 Å². The molecule has 0 bridgehead atoms. The van der Waals surface area contributed by atoms with Crippen LogP contribution in [-0.4, -0.2) is 41.7 Å². The van der Waals surface area contributed by atoms with Crippen LogP contribution in [-0.2, 0) is 4.79 Å². The Labute approximate surface area is 124 Å². The van der Waals surface area contributed by atoms with Crippen molar-refractivity contribution in [1.29, 1.82) is 0 Å². The molecule has 0 saturated carbocycles. The fourth-order valence-corrected chi connectivity index (χ4v) is 2.58. The highest BCUT2D eigenvalue weighted by Crippen LogP contribution is 2.12. The van der Waals surface area contributed by atoms with Crippen LogP contribution in [0, 0.1) is 6.92 Å². The Morgan fingerprint density at radius 1 is 1.35 bits per heavy atom. The smallest absolute Gasteiger partial charge is 0.251 e. The lowest BCUT2D eigenvalue weighted by Crippen LogP contribution is -2.46. The quantitative estimate of drug-likeness (QED) is 0.866. The summed E-state index contributed by atoms with van der Waals surface area (Å²) in [6.45, 7) is 3.28. The van der Waals surface area contributed by atoms with E-state index < -0.39 is 0 Å². The number of rotatable bonds is 3. The number of aryl methyl sites for hydroxylation is 1. The number of hydrogen-bond acceptors (Lipinski definition) is 2. The summed E-state index contributed by atoms with van der Waals surface area (Å²) >= 11 is 5.54. The molecular formula is C15H19ClN2O2. The zero-order chi connectivity index (χ0) is 14.5. The zero-order valence-electron chi connectivity index (χ0n) is 11.6. The average molecular weight is 295 g/mol. The van der Waals surface area contributed by atoms with Gasteiger partial charge in [-0.2, -0.15) is 0 Å². The molecule has 0 aromatic heterocycles. The molecule has 1 heterocycles. The third kappa shape index (κ3) is 3.73. The third-order valence-electron chi connectivity index (χ3n) is 3.58. The van der Waals surface area contributed by atoms with Crippen LogP contribution < -0.4 is 5.32 Å². The van der Waals surface area contributed by atoms with Crippen molar-refractivity contribution < 1.29 is 9.59 Å². The van der Waals surface area contributed by atoms with Crippen molar-refractivity contribution >= 4 is 23.4 Å². The Bertz CT molecular complexity index is 496. The minimum atomic E-state index is -0.0455. The molecular weight excluding hydrogens is 276 g/mol. The van der Waals surface area contributed by atoms with E-state index in [1.807, 2.05) is 31.2 Å². The maximum absolute atomic E-state index is 12.1. The van der Waals surface area contributed by atoms with Crippen molar-refractivity contribution in [3.8, 4) is 0 Å². The molecule has 0 aliphatic carbocycles. The summed E-state index contributed by atoms with van der Waals surface area (Å²) in [6.07, 6.45) is 1.56. The first kappa shape index (κ1) is 14.9. The Morgan fingerprint density at radius 2 is 2.05 bits per heavy atom. The molecule has 108 valence electrons. The SMILES string of the molecule is Cc1cccc(C(=O)NC2CCN(C(=O)CCl)CC2)c1. The van der Waals surface area contributed by atoms with E-state index in [9.17, 15) is 9.59 Å². The highest BCUT2D eigenvalue weighted by atomic mass is 35.5. The molecule has 2 amide bonds. The molecule has 0 atom stereocenters. The molecule has 1 aliphatic rings. The fourth-order valence-electron chi connectivity index (χ4n) is 2.41. The van der Waals surface area contributed by atoms with Crippen LogP contribution in [0.3, 0.4) is 0 Å². The summed E-state index contributed by atoms with van der Waals surface area (Å²) in [5, 5.41) is 3.03. The molecule has 1 fully saturated rings. The van der Waals surface area contributed by atoms with Crippen LogP contribution in [0.25, 0.3) is 0 Å².